The summed E-state index contributed by atoms with van der Waals surface area (Å²) in [4.78, 5) is 23.8. The molecule has 132 valence electrons. The van der Waals surface area contributed by atoms with E-state index in [0.717, 1.165) is 5.69 Å². The van der Waals surface area contributed by atoms with Crippen molar-refractivity contribution in [2.24, 2.45) is 0 Å². The highest BCUT2D eigenvalue weighted by atomic mass is 16.2. The van der Waals surface area contributed by atoms with Crippen LogP contribution in [0.2, 0.25) is 0 Å². The lowest BCUT2D eigenvalue weighted by atomic mass is 9.87. The first-order chi connectivity index (χ1) is 11.7. The second-order valence-electron chi connectivity index (χ2n) is 7.32. The van der Waals surface area contributed by atoms with Crippen molar-refractivity contribution in [3.05, 3.63) is 59.7 Å². The number of nitrogens with one attached hydrogen (secondary N) is 2. The molecule has 0 saturated heterocycles. The average molecular weight is 338 g/mol. The molecule has 0 fully saturated rings. The molecule has 0 aromatic heterocycles. The molecule has 1 amide bonds. The van der Waals surface area contributed by atoms with E-state index in [1.165, 1.54) is 12.5 Å². The quantitative estimate of drug-likeness (QED) is 0.782. The van der Waals surface area contributed by atoms with Gasteiger partial charge >= 0.3 is 0 Å². The fourth-order valence-corrected chi connectivity index (χ4v) is 2.45. The SMILES string of the molecule is CC(=O)c1cccc(NC(=O)C(C)Nc2ccc(C(C)(C)C)cc2)c1. The molecule has 0 heterocycles. The zero-order valence-corrected chi connectivity index (χ0v) is 15.5. The first kappa shape index (κ1) is 18.7. The van der Waals surface area contributed by atoms with E-state index in [1.54, 1.807) is 24.3 Å². The van der Waals surface area contributed by atoms with Crippen LogP contribution < -0.4 is 10.6 Å². The largest absolute Gasteiger partial charge is 0.374 e. The third-order valence-corrected chi connectivity index (χ3v) is 4.06. The molecule has 2 aromatic rings. The van der Waals surface area contributed by atoms with Crippen LogP contribution >= 0.6 is 0 Å². The first-order valence-corrected chi connectivity index (χ1v) is 8.46. The molecule has 0 bridgehead atoms. The third kappa shape index (κ3) is 5.18. The van der Waals surface area contributed by atoms with Gasteiger partial charge in [-0.1, -0.05) is 45.0 Å². The van der Waals surface area contributed by atoms with Crippen molar-refractivity contribution in [1.29, 1.82) is 0 Å². The van der Waals surface area contributed by atoms with Gasteiger partial charge in [0.1, 0.15) is 6.04 Å². The summed E-state index contributed by atoms with van der Waals surface area (Å²) in [5, 5.41) is 6.04. The zero-order valence-electron chi connectivity index (χ0n) is 15.5. The lowest BCUT2D eigenvalue weighted by Crippen LogP contribution is -2.31. The van der Waals surface area contributed by atoms with Gasteiger partial charge in [-0.3, -0.25) is 9.59 Å². The number of benzene rings is 2. The van der Waals surface area contributed by atoms with E-state index in [4.69, 9.17) is 0 Å². The summed E-state index contributed by atoms with van der Waals surface area (Å²) in [5.41, 5.74) is 3.44. The van der Waals surface area contributed by atoms with E-state index >= 15 is 0 Å². The van der Waals surface area contributed by atoms with Crippen LogP contribution in [-0.4, -0.2) is 17.7 Å². The van der Waals surface area contributed by atoms with E-state index < -0.39 is 6.04 Å². The summed E-state index contributed by atoms with van der Waals surface area (Å²) in [6.07, 6.45) is 0. The standard InChI is InChI=1S/C21H26N2O2/c1-14(22-18-11-9-17(10-12-18)21(3,4)5)20(25)23-19-8-6-7-16(13-19)15(2)24/h6-14,22H,1-5H3,(H,23,25). The minimum Gasteiger partial charge on any atom is -0.374 e. The Hall–Kier alpha value is -2.62. The Labute approximate surface area is 149 Å². The fraction of sp³-hybridized carbons (Fsp3) is 0.333. The molecular formula is C21H26N2O2. The summed E-state index contributed by atoms with van der Waals surface area (Å²) in [6, 6.07) is 14.7. The number of rotatable bonds is 5. The van der Waals surface area contributed by atoms with E-state index in [1.807, 2.05) is 19.1 Å². The Morgan fingerprint density at radius 3 is 2.16 bits per heavy atom. The molecule has 0 saturated carbocycles. The van der Waals surface area contributed by atoms with Crippen molar-refractivity contribution in [3.63, 3.8) is 0 Å². The van der Waals surface area contributed by atoms with Crippen LogP contribution in [0.15, 0.2) is 48.5 Å². The van der Waals surface area contributed by atoms with Gasteiger partial charge < -0.3 is 10.6 Å². The lowest BCUT2D eigenvalue weighted by Gasteiger charge is -2.20. The molecule has 0 aliphatic carbocycles. The maximum atomic E-state index is 12.4. The Bertz CT molecular complexity index is 758. The summed E-state index contributed by atoms with van der Waals surface area (Å²) in [6.45, 7) is 9.82. The molecule has 0 spiro atoms. The second kappa shape index (κ2) is 7.51. The van der Waals surface area contributed by atoms with Crippen LogP contribution in [0.1, 0.15) is 50.5 Å². The molecule has 2 rings (SSSR count). The average Bonchev–Trinajstić information content (AvgIpc) is 2.54. The van der Waals surface area contributed by atoms with E-state index in [2.05, 4.69) is 43.5 Å². The molecule has 1 unspecified atom stereocenters. The zero-order chi connectivity index (χ0) is 18.6. The maximum Gasteiger partial charge on any atom is 0.246 e. The van der Waals surface area contributed by atoms with Gasteiger partial charge in [-0.2, -0.15) is 0 Å². The number of amides is 1. The van der Waals surface area contributed by atoms with Gasteiger partial charge in [0, 0.05) is 16.9 Å². The minimum absolute atomic E-state index is 0.0267. The highest BCUT2D eigenvalue weighted by molar-refractivity contribution is 5.99. The van der Waals surface area contributed by atoms with E-state index in [0.29, 0.717) is 11.3 Å². The predicted molar refractivity (Wildman–Crippen MR) is 103 cm³/mol. The Balaban J connectivity index is 2.00. The Morgan fingerprint density at radius 2 is 1.60 bits per heavy atom. The van der Waals surface area contributed by atoms with E-state index in [9.17, 15) is 9.59 Å². The molecule has 2 N–H and O–H groups in total. The summed E-state index contributed by atoms with van der Waals surface area (Å²) >= 11 is 0. The number of ketones is 1. The number of hydrogen-bond donors (Lipinski definition) is 2. The fourth-order valence-electron chi connectivity index (χ4n) is 2.45. The van der Waals surface area contributed by atoms with Crippen LogP contribution in [0, 0.1) is 0 Å². The third-order valence-electron chi connectivity index (χ3n) is 4.06. The van der Waals surface area contributed by atoms with Crippen molar-refractivity contribution in [2.45, 2.75) is 46.1 Å². The Kier molecular flexibility index (Phi) is 5.62. The molecular weight excluding hydrogens is 312 g/mol. The number of Topliss-reactive ketones (excluding diaryl/α,β-unsaturated/α-hetero) is 1. The molecule has 2 aromatic carbocycles. The molecule has 4 heteroatoms. The van der Waals surface area contributed by atoms with Gasteiger partial charge in [0.2, 0.25) is 5.91 Å². The monoisotopic (exact) mass is 338 g/mol. The maximum absolute atomic E-state index is 12.4. The number of hydrogen-bond acceptors (Lipinski definition) is 3. The van der Waals surface area contributed by atoms with Gasteiger partial charge in [-0.15, -0.1) is 0 Å². The first-order valence-electron chi connectivity index (χ1n) is 8.46. The molecule has 0 radical (unpaired) electrons. The van der Waals surface area contributed by atoms with Gasteiger partial charge in [0.25, 0.3) is 0 Å². The number of anilines is 2. The van der Waals surface area contributed by atoms with Crippen LogP contribution in [0.25, 0.3) is 0 Å². The summed E-state index contributed by atoms with van der Waals surface area (Å²) < 4.78 is 0. The topological polar surface area (TPSA) is 58.2 Å². The smallest absolute Gasteiger partial charge is 0.246 e. The van der Waals surface area contributed by atoms with Gasteiger partial charge in [-0.05, 0) is 49.1 Å². The summed E-state index contributed by atoms with van der Waals surface area (Å²) in [7, 11) is 0. The van der Waals surface area contributed by atoms with Crippen LogP contribution in [-0.2, 0) is 10.2 Å². The number of carbonyl (C=O) groups excluding carboxylic acids is 2. The Morgan fingerprint density at radius 1 is 0.960 bits per heavy atom. The van der Waals surface area contributed by atoms with Crippen molar-refractivity contribution in [2.75, 3.05) is 10.6 Å². The van der Waals surface area contributed by atoms with Crippen LogP contribution in [0.4, 0.5) is 11.4 Å². The van der Waals surface area contributed by atoms with Gasteiger partial charge in [0.15, 0.2) is 5.78 Å². The van der Waals surface area contributed by atoms with E-state index in [-0.39, 0.29) is 17.1 Å². The van der Waals surface area contributed by atoms with Crippen molar-refractivity contribution in [1.82, 2.24) is 0 Å². The van der Waals surface area contributed by atoms with Crippen molar-refractivity contribution >= 4 is 23.1 Å². The van der Waals surface area contributed by atoms with Gasteiger partial charge in [0.05, 0.1) is 0 Å². The molecule has 25 heavy (non-hydrogen) atoms. The molecule has 0 aliphatic rings. The molecule has 1 atom stereocenters. The van der Waals surface area contributed by atoms with Crippen molar-refractivity contribution in [3.8, 4) is 0 Å². The number of carbonyl (C=O) groups is 2. The van der Waals surface area contributed by atoms with Crippen molar-refractivity contribution < 1.29 is 9.59 Å². The molecule has 0 aliphatic heterocycles. The van der Waals surface area contributed by atoms with Crippen LogP contribution in [0.5, 0.6) is 0 Å². The highest BCUT2D eigenvalue weighted by Crippen LogP contribution is 2.23. The second-order valence-corrected chi connectivity index (χ2v) is 7.32. The highest BCUT2D eigenvalue weighted by Gasteiger charge is 2.15. The summed E-state index contributed by atoms with van der Waals surface area (Å²) in [5.74, 6) is -0.179. The van der Waals surface area contributed by atoms with Crippen LogP contribution in [0.3, 0.4) is 0 Å². The minimum atomic E-state index is -0.401. The lowest BCUT2D eigenvalue weighted by molar-refractivity contribution is -0.116. The predicted octanol–water partition coefficient (Wildman–Crippen LogP) is 4.63. The normalized spacial score (nSPS) is 12.4. The van der Waals surface area contributed by atoms with Gasteiger partial charge in [-0.25, -0.2) is 0 Å². The molecule has 4 nitrogen and oxygen atoms in total.